The number of aromatic nitrogens is 3. The standard InChI is InChI=1S/C20H17N2O.C18H24GeN.Ir/c1-20(2,3)13-9-11-21-17(12-13)16-7-4-6-14-15-8-5-10-22-19(15)23-18(14)16;1-14(2)11-16-12-18(15-9-7-6-8-10-15)20-13-17(16)19(3,4)5;/h4-6,8-12H,1-3H3;6-9,12-14H,11H2,1-5H3;/q2*-1;. The second-order valence-electron chi connectivity index (χ2n) is 13.6. The van der Waals surface area contributed by atoms with E-state index in [9.17, 15) is 0 Å². The zero-order valence-electron chi connectivity index (χ0n) is 27.0. The van der Waals surface area contributed by atoms with Crippen LogP contribution in [0.5, 0.6) is 0 Å². The van der Waals surface area contributed by atoms with E-state index >= 15 is 0 Å². The molecule has 0 spiro atoms. The van der Waals surface area contributed by atoms with E-state index < -0.39 is 13.3 Å². The fourth-order valence-corrected chi connectivity index (χ4v) is 8.62. The molecule has 44 heavy (non-hydrogen) atoms. The molecule has 6 heteroatoms. The number of hydrogen-bond acceptors (Lipinski definition) is 4. The third-order valence-corrected chi connectivity index (χ3v) is 11.8. The van der Waals surface area contributed by atoms with Crippen LogP contribution < -0.4 is 4.40 Å². The van der Waals surface area contributed by atoms with E-state index in [0.717, 1.165) is 45.3 Å². The molecule has 229 valence electrons. The number of pyridine rings is 3. The molecule has 0 unspecified atom stereocenters. The average molecular weight is 821 g/mol. The molecule has 0 N–H and O–H groups in total. The molecule has 0 fully saturated rings. The summed E-state index contributed by atoms with van der Waals surface area (Å²) >= 11 is -1.86. The van der Waals surface area contributed by atoms with Crippen LogP contribution in [-0.4, -0.2) is 28.2 Å². The minimum atomic E-state index is -1.86. The zero-order chi connectivity index (χ0) is 30.8. The first-order valence-electron chi connectivity index (χ1n) is 15.0. The number of fused-ring (bicyclic) bond motifs is 3. The van der Waals surface area contributed by atoms with Crippen molar-refractivity contribution in [2.24, 2.45) is 5.92 Å². The van der Waals surface area contributed by atoms with Gasteiger partial charge in [0, 0.05) is 37.9 Å². The number of benzene rings is 2. The Morgan fingerprint density at radius 3 is 2.30 bits per heavy atom. The molecule has 0 atom stereocenters. The second-order valence-corrected chi connectivity index (χ2v) is 24.2. The second kappa shape index (κ2) is 13.9. The van der Waals surface area contributed by atoms with E-state index in [0.29, 0.717) is 11.6 Å². The van der Waals surface area contributed by atoms with Crippen molar-refractivity contribution in [2.75, 3.05) is 0 Å². The van der Waals surface area contributed by atoms with E-state index in [-0.39, 0.29) is 25.5 Å². The van der Waals surface area contributed by atoms with Crippen molar-refractivity contribution in [3.63, 3.8) is 0 Å². The van der Waals surface area contributed by atoms with Crippen LogP contribution in [-0.2, 0) is 31.9 Å². The van der Waals surface area contributed by atoms with Gasteiger partial charge >= 0.3 is 126 Å². The zero-order valence-corrected chi connectivity index (χ0v) is 31.4. The van der Waals surface area contributed by atoms with Crippen LogP contribution in [0, 0.1) is 18.1 Å². The summed E-state index contributed by atoms with van der Waals surface area (Å²) in [6, 6.07) is 29.0. The predicted octanol–water partition coefficient (Wildman–Crippen LogP) is 9.43. The Kier molecular flexibility index (Phi) is 10.7. The molecule has 0 aliphatic rings. The molecule has 0 saturated carbocycles. The van der Waals surface area contributed by atoms with Crippen LogP contribution >= 0.6 is 0 Å². The summed E-state index contributed by atoms with van der Waals surface area (Å²) in [6.07, 6.45) is 6.87. The molecule has 4 heterocycles. The van der Waals surface area contributed by atoms with Crippen molar-refractivity contribution in [3.05, 3.63) is 109 Å². The molecular formula is C38H41GeIrN3O-2. The summed E-state index contributed by atoms with van der Waals surface area (Å²) in [5.41, 5.74) is 8.14. The van der Waals surface area contributed by atoms with Crippen LogP contribution in [0.1, 0.15) is 45.7 Å². The maximum absolute atomic E-state index is 5.98. The van der Waals surface area contributed by atoms with Gasteiger partial charge in [0.1, 0.15) is 0 Å². The largest absolute Gasteiger partial charge is 0 e. The molecule has 6 aromatic rings. The van der Waals surface area contributed by atoms with Crippen LogP contribution in [0.2, 0.25) is 17.3 Å². The van der Waals surface area contributed by atoms with Crippen LogP contribution in [0.15, 0.2) is 89.7 Å². The molecule has 0 saturated heterocycles. The third-order valence-electron chi connectivity index (χ3n) is 7.50. The number of rotatable bonds is 5. The molecular weight excluding hydrogens is 779 g/mol. The predicted molar refractivity (Wildman–Crippen MR) is 182 cm³/mol. The first kappa shape index (κ1) is 33.8. The SMILES string of the molecule is CC(C)(C)c1ccnc(-c2[c-]ccc3c2oc2ncccc23)c1.CC(C)Cc1cc(-c2[c-]cccc2)nc[c]1[Ge]([CH3])([CH3])[CH3].[Ir]. The first-order valence-corrected chi connectivity index (χ1v) is 22.4. The molecule has 4 aromatic heterocycles. The molecule has 6 rings (SSSR count). The average Bonchev–Trinajstić information content (AvgIpc) is 3.36. The van der Waals surface area contributed by atoms with Gasteiger partial charge in [0.25, 0.3) is 0 Å². The third kappa shape index (κ3) is 7.74. The Hall–Kier alpha value is -3.12. The van der Waals surface area contributed by atoms with Gasteiger partial charge in [0.15, 0.2) is 0 Å². The van der Waals surface area contributed by atoms with Crippen molar-refractivity contribution in [2.45, 2.75) is 63.7 Å². The van der Waals surface area contributed by atoms with Crippen molar-refractivity contribution in [1.29, 1.82) is 0 Å². The van der Waals surface area contributed by atoms with Crippen molar-refractivity contribution < 1.29 is 24.5 Å². The smallest absolute Gasteiger partial charge is 0 e. The Morgan fingerprint density at radius 1 is 0.818 bits per heavy atom. The Balaban J connectivity index is 0.000000199. The summed E-state index contributed by atoms with van der Waals surface area (Å²) in [6.45, 7) is 11.2. The fraction of sp³-hybridized carbons (Fsp3) is 0.289. The van der Waals surface area contributed by atoms with Gasteiger partial charge in [0.05, 0.1) is 5.58 Å². The van der Waals surface area contributed by atoms with Gasteiger partial charge < -0.3 is 9.40 Å². The minimum absolute atomic E-state index is 0. The Bertz CT molecular complexity index is 1850. The first-order chi connectivity index (χ1) is 20.4. The molecule has 0 bridgehead atoms. The topological polar surface area (TPSA) is 51.8 Å². The van der Waals surface area contributed by atoms with Crippen LogP contribution in [0.3, 0.4) is 0 Å². The number of hydrogen-bond donors (Lipinski definition) is 0. The maximum Gasteiger partial charge on any atom is 0 e. The van der Waals surface area contributed by atoms with Crippen LogP contribution in [0.25, 0.3) is 44.6 Å². The number of furan rings is 1. The van der Waals surface area contributed by atoms with Gasteiger partial charge in [0.2, 0.25) is 5.71 Å². The molecule has 4 nitrogen and oxygen atoms in total. The summed E-state index contributed by atoms with van der Waals surface area (Å²) in [7, 11) is 0. The summed E-state index contributed by atoms with van der Waals surface area (Å²) in [5.74, 6) is 7.99. The van der Waals surface area contributed by atoms with E-state index in [1.807, 2.05) is 48.7 Å². The minimum Gasteiger partial charge on any atom is 0 e. The molecule has 1 radical (unpaired) electrons. The Labute approximate surface area is 278 Å². The molecule has 2 aromatic carbocycles. The monoisotopic (exact) mass is 822 g/mol. The van der Waals surface area contributed by atoms with E-state index in [1.165, 1.54) is 11.1 Å². The van der Waals surface area contributed by atoms with Gasteiger partial charge in [-0.2, -0.15) is 0 Å². The van der Waals surface area contributed by atoms with Gasteiger partial charge in [-0.3, -0.25) is 0 Å². The molecule has 0 aliphatic carbocycles. The van der Waals surface area contributed by atoms with Crippen LogP contribution in [0.4, 0.5) is 0 Å². The molecule has 0 amide bonds. The summed E-state index contributed by atoms with van der Waals surface area (Å²) < 4.78 is 7.52. The van der Waals surface area contributed by atoms with E-state index in [4.69, 9.17) is 9.40 Å². The van der Waals surface area contributed by atoms with Crippen molar-refractivity contribution in [1.82, 2.24) is 15.0 Å². The van der Waals surface area contributed by atoms with Gasteiger partial charge in [-0.15, -0.1) is 18.2 Å². The summed E-state index contributed by atoms with van der Waals surface area (Å²) in [5, 5.41) is 2.06. The fourth-order valence-electron chi connectivity index (χ4n) is 5.28. The van der Waals surface area contributed by atoms with Crippen molar-refractivity contribution in [3.8, 4) is 22.5 Å². The Morgan fingerprint density at radius 2 is 1.61 bits per heavy atom. The van der Waals surface area contributed by atoms with Crippen molar-refractivity contribution >= 4 is 39.7 Å². The maximum atomic E-state index is 5.98. The van der Waals surface area contributed by atoms with Gasteiger partial charge in [-0.25, -0.2) is 4.98 Å². The van der Waals surface area contributed by atoms with E-state index in [2.05, 4.69) is 104 Å². The van der Waals surface area contributed by atoms with E-state index in [1.54, 1.807) is 10.6 Å². The normalized spacial score (nSPS) is 11.8. The molecule has 0 aliphatic heterocycles. The quantitative estimate of drug-likeness (QED) is 0.129. The van der Waals surface area contributed by atoms with Gasteiger partial charge in [-0.1, -0.05) is 37.8 Å². The van der Waals surface area contributed by atoms with Gasteiger partial charge in [-0.05, 0) is 34.9 Å². The number of nitrogens with zero attached hydrogens (tertiary/aromatic N) is 3. The summed E-state index contributed by atoms with van der Waals surface area (Å²) in [4.78, 5) is 13.5.